The summed E-state index contributed by atoms with van der Waals surface area (Å²) < 4.78 is 0. The molecule has 0 fully saturated rings. The lowest BCUT2D eigenvalue weighted by molar-refractivity contribution is -0.118. The molecule has 0 radical (unpaired) electrons. The normalized spacial score (nSPS) is 10.2. The van der Waals surface area contributed by atoms with Crippen molar-refractivity contribution < 1.29 is 4.79 Å². The van der Waals surface area contributed by atoms with Crippen molar-refractivity contribution in [1.82, 2.24) is 9.97 Å². The molecule has 4 heteroatoms. The maximum atomic E-state index is 11.8. The van der Waals surface area contributed by atoms with Crippen LogP contribution in [-0.4, -0.2) is 22.4 Å². The minimum atomic E-state index is 0.121. The molecule has 0 spiro atoms. The van der Waals surface area contributed by atoms with Crippen LogP contribution in [0.4, 0.5) is 5.82 Å². The first kappa shape index (κ1) is 12.6. The van der Waals surface area contributed by atoms with Crippen molar-refractivity contribution in [2.45, 2.75) is 40.0 Å². The van der Waals surface area contributed by atoms with Crippen LogP contribution in [-0.2, 0) is 11.2 Å². The van der Waals surface area contributed by atoms with Crippen LogP contribution in [0.1, 0.15) is 39.2 Å². The monoisotopic (exact) mass is 221 g/mol. The average molecular weight is 221 g/mol. The minimum Gasteiger partial charge on any atom is -0.297 e. The molecule has 0 saturated heterocycles. The summed E-state index contributed by atoms with van der Waals surface area (Å²) in [5.41, 5.74) is 1.03. The van der Waals surface area contributed by atoms with Crippen LogP contribution < -0.4 is 4.90 Å². The molecule has 1 rings (SSSR count). The topological polar surface area (TPSA) is 46.1 Å². The number of carbonyl (C=O) groups excluding carboxylic acids is 1. The molecule has 0 aliphatic heterocycles. The third kappa shape index (κ3) is 2.78. The van der Waals surface area contributed by atoms with Gasteiger partial charge in [-0.05, 0) is 12.8 Å². The molecule has 0 aliphatic carbocycles. The number of aromatic nitrogens is 2. The zero-order valence-corrected chi connectivity index (χ0v) is 10.2. The molecule has 1 aromatic rings. The fraction of sp³-hybridized carbons (Fsp3) is 0.583. The Hall–Kier alpha value is -1.45. The molecule has 0 aliphatic rings. The number of anilines is 1. The summed E-state index contributed by atoms with van der Waals surface area (Å²) in [6, 6.07) is 0. The lowest BCUT2D eigenvalue weighted by Gasteiger charge is -2.22. The van der Waals surface area contributed by atoms with Gasteiger partial charge in [-0.3, -0.25) is 9.69 Å². The van der Waals surface area contributed by atoms with Gasteiger partial charge in [-0.25, -0.2) is 9.97 Å². The van der Waals surface area contributed by atoms with Crippen molar-refractivity contribution in [3.8, 4) is 0 Å². The van der Waals surface area contributed by atoms with Gasteiger partial charge in [0.2, 0.25) is 5.91 Å². The maximum absolute atomic E-state index is 11.8. The average Bonchev–Trinajstić information content (AvgIpc) is 2.35. The van der Waals surface area contributed by atoms with Crippen LogP contribution in [0.3, 0.4) is 0 Å². The van der Waals surface area contributed by atoms with Crippen LogP contribution in [0.15, 0.2) is 12.5 Å². The third-order valence-electron chi connectivity index (χ3n) is 2.45. The molecule has 1 amide bonds. The molecule has 0 aromatic carbocycles. The van der Waals surface area contributed by atoms with E-state index in [0.717, 1.165) is 30.8 Å². The predicted molar refractivity (Wildman–Crippen MR) is 64.3 cm³/mol. The highest BCUT2D eigenvalue weighted by Crippen LogP contribution is 2.17. The summed E-state index contributed by atoms with van der Waals surface area (Å²) in [6.45, 7) is 6.69. The molecule has 0 unspecified atom stereocenters. The standard InChI is InChI=1S/C12H19N3O/c1-4-7-15(11(16)6-3)12-10(5-2)8-13-9-14-12/h8-9H,4-7H2,1-3H3. The van der Waals surface area contributed by atoms with Crippen LogP contribution in [0.2, 0.25) is 0 Å². The van der Waals surface area contributed by atoms with Gasteiger partial charge < -0.3 is 0 Å². The molecule has 1 aromatic heterocycles. The molecular weight excluding hydrogens is 202 g/mol. The molecule has 0 saturated carbocycles. The van der Waals surface area contributed by atoms with Crippen molar-refractivity contribution in [1.29, 1.82) is 0 Å². The number of hydrogen-bond acceptors (Lipinski definition) is 3. The van der Waals surface area contributed by atoms with E-state index in [2.05, 4.69) is 16.9 Å². The summed E-state index contributed by atoms with van der Waals surface area (Å²) >= 11 is 0. The predicted octanol–water partition coefficient (Wildman–Crippen LogP) is 2.19. The van der Waals surface area contributed by atoms with Gasteiger partial charge in [-0.15, -0.1) is 0 Å². The van der Waals surface area contributed by atoms with Crippen LogP contribution >= 0.6 is 0 Å². The highest BCUT2D eigenvalue weighted by atomic mass is 16.2. The van der Waals surface area contributed by atoms with Crippen molar-refractivity contribution in [2.75, 3.05) is 11.4 Å². The second kappa shape index (κ2) is 6.20. The Bertz CT molecular complexity index is 352. The quantitative estimate of drug-likeness (QED) is 0.765. The Labute approximate surface area is 96.7 Å². The van der Waals surface area contributed by atoms with E-state index in [9.17, 15) is 4.79 Å². The Morgan fingerprint density at radius 2 is 2.12 bits per heavy atom. The summed E-state index contributed by atoms with van der Waals surface area (Å²) in [5.74, 6) is 0.890. The molecule has 4 nitrogen and oxygen atoms in total. The number of aryl methyl sites for hydroxylation is 1. The van der Waals surface area contributed by atoms with Crippen molar-refractivity contribution >= 4 is 11.7 Å². The van der Waals surface area contributed by atoms with Crippen LogP contribution in [0.25, 0.3) is 0 Å². The second-order valence-corrected chi connectivity index (χ2v) is 3.62. The maximum Gasteiger partial charge on any atom is 0.227 e. The molecular formula is C12H19N3O. The number of amides is 1. The third-order valence-corrected chi connectivity index (χ3v) is 2.45. The summed E-state index contributed by atoms with van der Waals surface area (Å²) in [7, 11) is 0. The zero-order valence-electron chi connectivity index (χ0n) is 10.2. The molecule has 0 bridgehead atoms. The van der Waals surface area contributed by atoms with Gasteiger partial charge in [0.15, 0.2) is 0 Å². The van der Waals surface area contributed by atoms with Gasteiger partial charge in [0, 0.05) is 24.7 Å². The van der Waals surface area contributed by atoms with E-state index in [1.165, 1.54) is 6.33 Å². The van der Waals surface area contributed by atoms with Gasteiger partial charge in [0.05, 0.1) is 0 Å². The lowest BCUT2D eigenvalue weighted by Crippen LogP contribution is -2.32. The van der Waals surface area contributed by atoms with E-state index in [1.54, 1.807) is 11.1 Å². The first-order valence-electron chi connectivity index (χ1n) is 5.83. The molecule has 0 N–H and O–H groups in total. The highest BCUT2D eigenvalue weighted by Gasteiger charge is 2.16. The van der Waals surface area contributed by atoms with Gasteiger partial charge in [0.25, 0.3) is 0 Å². The lowest BCUT2D eigenvalue weighted by atomic mass is 10.2. The van der Waals surface area contributed by atoms with Crippen molar-refractivity contribution in [2.24, 2.45) is 0 Å². The Morgan fingerprint density at radius 3 is 2.69 bits per heavy atom. The fourth-order valence-corrected chi connectivity index (χ4v) is 1.61. The van der Waals surface area contributed by atoms with E-state index in [0.29, 0.717) is 6.42 Å². The van der Waals surface area contributed by atoms with E-state index < -0.39 is 0 Å². The van der Waals surface area contributed by atoms with Crippen LogP contribution in [0, 0.1) is 0 Å². The molecule has 88 valence electrons. The second-order valence-electron chi connectivity index (χ2n) is 3.62. The van der Waals surface area contributed by atoms with Gasteiger partial charge in [-0.1, -0.05) is 20.8 Å². The van der Waals surface area contributed by atoms with E-state index in [4.69, 9.17) is 0 Å². The molecule has 1 heterocycles. The van der Waals surface area contributed by atoms with E-state index >= 15 is 0 Å². The number of nitrogens with zero attached hydrogens (tertiary/aromatic N) is 3. The SMILES string of the molecule is CCCN(C(=O)CC)c1ncncc1CC. The van der Waals surface area contributed by atoms with Crippen LogP contribution in [0.5, 0.6) is 0 Å². The molecule has 0 atom stereocenters. The fourth-order valence-electron chi connectivity index (χ4n) is 1.61. The molecule has 16 heavy (non-hydrogen) atoms. The first-order chi connectivity index (χ1) is 7.74. The zero-order chi connectivity index (χ0) is 12.0. The van der Waals surface area contributed by atoms with Crippen molar-refractivity contribution in [3.63, 3.8) is 0 Å². The largest absolute Gasteiger partial charge is 0.297 e. The first-order valence-corrected chi connectivity index (χ1v) is 5.83. The number of rotatable bonds is 5. The highest BCUT2D eigenvalue weighted by molar-refractivity contribution is 5.92. The van der Waals surface area contributed by atoms with Gasteiger partial charge in [-0.2, -0.15) is 0 Å². The van der Waals surface area contributed by atoms with Gasteiger partial charge in [0.1, 0.15) is 12.1 Å². The smallest absolute Gasteiger partial charge is 0.227 e. The van der Waals surface area contributed by atoms with E-state index in [-0.39, 0.29) is 5.91 Å². The van der Waals surface area contributed by atoms with Crippen molar-refractivity contribution in [3.05, 3.63) is 18.1 Å². The summed E-state index contributed by atoms with van der Waals surface area (Å²) in [5, 5.41) is 0. The Morgan fingerprint density at radius 1 is 1.38 bits per heavy atom. The number of hydrogen-bond donors (Lipinski definition) is 0. The number of carbonyl (C=O) groups is 1. The Kier molecular flexibility index (Phi) is 4.89. The van der Waals surface area contributed by atoms with E-state index in [1.807, 2.05) is 13.8 Å². The van der Waals surface area contributed by atoms with Gasteiger partial charge >= 0.3 is 0 Å². The summed E-state index contributed by atoms with van der Waals surface area (Å²) in [4.78, 5) is 21.8. The summed E-state index contributed by atoms with van der Waals surface area (Å²) in [6.07, 6.45) is 5.56. The Balaban J connectivity index is 3.04. The minimum absolute atomic E-state index is 0.121.